The van der Waals surface area contributed by atoms with Crippen LogP contribution in [0.1, 0.15) is 31.9 Å². The number of ether oxygens (including phenoxy) is 1. The van der Waals surface area contributed by atoms with E-state index in [9.17, 15) is 9.18 Å². The molecule has 2 rings (SSSR count). The van der Waals surface area contributed by atoms with Crippen molar-refractivity contribution in [3.63, 3.8) is 0 Å². The fourth-order valence-electron chi connectivity index (χ4n) is 2.26. The van der Waals surface area contributed by atoms with Gasteiger partial charge in [-0.15, -0.1) is 0 Å². The van der Waals surface area contributed by atoms with Crippen LogP contribution in [0.5, 0.6) is 5.75 Å². The number of nitrogens with zero attached hydrogens (tertiary/aromatic N) is 1. The molecule has 128 valence electrons. The number of pyridine rings is 1. The summed E-state index contributed by atoms with van der Waals surface area (Å²) in [4.78, 5) is 16.1. The Morgan fingerprint density at radius 1 is 1.21 bits per heavy atom. The van der Waals surface area contributed by atoms with Gasteiger partial charge in [-0.25, -0.2) is 9.18 Å². The van der Waals surface area contributed by atoms with Crippen LogP contribution in [0.25, 0.3) is 0 Å². The summed E-state index contributed by atoms with van der Waals surface area (Å²) in [7, 11) is 0. The molecule has 2 aromatic rings. The number of carbonyl (C=O) groups excluding carboxylic acids is 1. The highest BCUT2D eigenvalue weighted by Crippen LogP contribution is 2.16. The topological polar surface area (TPSA) is 63.2 Å². The van der Waals surface area contributed by atoms with E-state index in [1.807, 2.05) is 19.1 Å². The molecule has 6 heteroatoms. The summed E-state index contributed by atoms with van der Waals surface area (Å²) < 4.78 is 18.9. The Bertz CT molecular complexity index is 652. The lowest BCUT2D eigenvalue weighted by molar-refractivity contribution is 0.221. The Hall–Kier alpha value is -2.63. The zero-order chi connectivity index (χ0) is 17.4. The van der Waals surface area contributed by atoms with E-state index in [4.69, 9.17) is 4.74 Å². The zero-order valence-corrected chi connectivity index (χ0v) is 13.8. The minimum absolute atomic E-state index is 0.0901. The van der Waals surface area contributed by atoms with Gasteiger partial charge >= 0.3 is 6.03 Å². The molecule has 24 heavy (non-hydrogen) atoms. The Morgan fingerprint density at radius 2 is 1.92 bits per heavy atom. The summed E-state index contributed by atoms with van der Waals surface area (Å²) in [5.41, 5.74) is 0.998. The van der Waals surface area contributed by atoms with Crippen molar-refractivity contribution in [1.29, 1.82) is 0 Å². The van der Waals surface area contributed by atoms with Crippen molar-refractivity contribution >= 4 is 6.03 Å². The van der Waals surface area contributed by atoms with E-state index in [0.29, 0.717) is 0 Å². The van der Waals surface area contributed by atoms with Crippen LogP contribution in [0.3, 0.4) is 0 Å². The van der Waals surface area contributed by atoms with E-state index in [1.54, 1.807) is 37.5 Å². The Kier molecular flexibility index (Phi) is 6.54. The van der Waals surface area contributed by atoms with Crippen LogP contribution in [-0.2, 0) is 0 Å². The zero-order valence-electron chi connectivity index (χ0n) is 13.8. The van der Waals surface area contributed by atoms with Crippen LogP contribution in [0.15, 0.2) is 48.8 Å². The van der Waals surface area contributed by atoms with Gasteiger partial charge in [0.05, 0.1) is 12.1 Å². The molecule has 2 N–H and O–H groups in total. The van der Waals surface area contributed by atoms with Gasteiger partial charge in [-0.2, -0.15) is 0 Å². The van der Waals surface area contributed by atoms with Crippen LogP contribution in [0, 0.1) is 5.82 Å². The molecular formula is C18H22FN3O2. The molecular weight excluding hydrogens is 309 g/mol. The summed E-state index contributed by atoms with van der Waals surface area (Å²) >= 11 is 0. The van der Waals surface area contributed by atoms with Crippen molar-refractivity contribution < 1.29 is 13.9 Å². The summed E-state index contributed by atoms with van der Waals surface area (Å²) in [5, 5.41) is 5.71. The highest BCUT2D eigenvalue weighted by Gasteiger charge is 2.14. The van der Waals surface area contributed by atoms with Gasteiger partial charge in [0.1, 0.15) is 6.61 Å². The smallest absolute Gasteiger partial charge is 0.315 e. The van der Waals surface area contributed by atoms with Crippen LogP contribution in [0.2, 0.25) is 0 Å². The molecule has 5 nitrogen and oxygen atoms in total. The molecule has 0 radical (unpaired) electrons. The lowest BCUT2D eigenvalue weighted by atomic mass is 10.1. The van der Waals surface area contributed by atoms with E-state index in [0.717, 1.165) is 12.0 Å². The van der Waals surface area contributed by atoms with E-state index in [-0.39, 0.29) is 30.5 Å². The van der Waals surface area contributed by atoms with Gasteiger partial charge in [0.2, 0.25) is 0 Å². The monoisotopic (exact) mass is 331 g/mol. The number of hydrogen-bond acceptors (Lipinski definition) is 3. The lowest BCUT2D eigenvalue weighted by Crippen LogP contribution is -2.44. The minimum atomic E-state index is -0.419. The maximum absolute atomic E-state index is 13.5. The number of hydrogen-bond donors (Lipinski definition) is 2. The Balaban J connectivity index is 1.82. The standard InChI is InChI=1S/C18H22FN3O2/c1-3-16(14-8-10-20-11-9-14)22-18(23)21-13(2)12-24-17-7-5-4-6-15(17)19/h4-11,13,16H,3,12H2,1-2H3,(H2,21,22,23)/t13-,16-/m0/s1. The van der Waals surface area contributed by atoms with Crippen molar-refractivity contribution in [2.45, 2.75) is 32.4 Å². The summed E-state index contributed by atoms with van der Waals surface area (Å²) in [6, 6.07) is 9.29. The number of benzene rings is 1. The summed E-state index contributed by atoms with van der Waals surface area (Å²) in [6.45, 7) is 3.98. The molecule has 0 aliphatic rings. The predicted octanol–water partition coefficient (Wildman–Crippen LogP) is 3.44. The van der Waals surface area contributed by atoms with Gasteiger partial charge in [-0.3, -0.25) is 4.98 Å². The molecule has 0 fully saturated rings. The molecule has 0 aliphatic carbocycles. The molecule has 0 aliphatic heterocycles. The number of urea groups is 1. The van der Waals surface area contributed by atoms with E-state index in [2.05, 4.69) is 15.6 Å². The van der Waals surface area contributed by atoms with Crippen molar-refractivity contribution in [1.82, 2.24) is 15.6 Å². The lowest BCUT2D eigenvalue weighted by Gasteiger charge is -2.20. The maximum Gasteiger partial charge on any atom is 0.315 e. The number of nitrogens with one attached hydrogen (secondary N) is 2. The molecule has 2 amide bonds. The highest BCUT2D eigenvalue weighted by molar-refractivity contribution is 5.74. The minimum Gasteiger partial charge on any atom is -0.488 e. The number of amides is 2. The largest absolute Gasteiger partial charge is 0.488 e. The number of carbonyl (C=O) groups is 1. The molecule has 0 saturated carbocycles. The second kappa shape index (κ2) is 8.86. The Labute approximate surface area is 141 Å². The van der Waals surface area contributed by atoms with Crippen molar-refractivity contribution in [3.8, 4) is 5.75 Å². The van der Waals surface area contributed by atoms with Gasteiger partial charge < -0.3 is 15.4 Å². The first-order valence-corrected chi connectivity index (χ1v) is 7.94. The molecule has 0 spiro atoms. The van der Waals surface area contributed by atoms with Crippen LogP contribution >= 0.6 is 0 Å². The molecule has 0 bridgehead atoms. The van der Waals surface area contributed by atoms with Gasteiger partial charge in [-0.1, -0.05) is 19.1 Å². The fourth-order valence-corrected chi connectivity index (χ4v) is 2.26. The fraction of sp³-hybridized carbons (Fsp3) is 0.333. The molecule has 0 unspecified atom stereocenters. The average Bonchev–Trinajstić information content (AvgIpc) is 2.59. The van der Waals surface area contributed by atoms with Gasteiger partial charge in [0, 0.05) is 12.4 Å². The SMILES string of the molecule is CC[C@H](NC(=O)N[C@@H](C)COc1ccccc1F)c1ccncc1. The first-order valence-electron chi connectivity index (χ1n) is 7.94. The highest BCUT2D eigenvalue weighted by atomic mass is 19.1. The van der Waals surface area contributed by atoms with Gasteiger partial charge in [0.25, 0.3) is 0 Å². The predicted molar refractivity (Wildman–Crippen MR) is 90.3 cm³/mol. The average molecular weight is 331 g/mol. The van der Waals surface area contributed by atoms with Crippen molar-refractivity contribution in [2.24, 2.45) is 0 Å². The first-order chi connectivity index (χ1) is 11.6. The van der Waals surface area contributed by atoms with Crippen LogP contribution in [0.4, 0.5) is 9.18 Å². The second-order valence-electron chi connectivity index (χ2n) is 5.50. The van der Waals surface area contributed by atoms with Crippen LogP contribution in [-0.4, -0.2) is 23.7 Å². The van der Waals surface area contributed by atoms with E-state index < -0.39 is 5.82 Å². The van der Waals surface area contributed by atoms with Crippen molar-refractivity contribution in [2.75, 3.05) is 6.61 Å². The second-order valence-corrected chi connectivity index (χ2v) is 5.50. The van der Waals surface area contributed by atoms with Gasteiger partial charge in [0.15, 0.2) is 11.6 Å². The summed E-state index contributed by atoms with van der Waals surface area (Å²) in [5.74, 6) is -0.243. The molecule has 1 aromatic carbocycles. The molecule has 1 heterocycles. The Morgan fingerprint density at radius 3 is 2.58 bits per heavy atom. The van der Waals surface area contributed by atoms with Gasteiger partial charge in [-0.05, 0) is 43.2 Å². The van der Waals surface area contributed by atoms with E-state index in [1.165, 1.54) is 6.07 Å². The quantitative estimate of drug-likeness (QED) is 0.817. The third kappa shape index (κ3) is 5.22. The number of aromatic nitrogens is 1. The third-order valence-corrected chi connectivity index (χ3v) is 3.53. The third-order valence-electron chi connectivity index (χ3n) is 3.53. The molecule has 2 atom stereocenters. The van der Waals surface area contributed by atoms with Crippen molar-refractivity contribution in [3.05, 3.63) is 60.2 Å². The summed E-state index contributed by atoms with van der Waals surface area (Å²) in [6.07, 6.45) is 4.16. The molecule has 0 saturated heterocycles. The maximum atomic E-state index is 13.5. The number of halogens is 1. The first kappa shape index (κ1) is 17.7. The van der Waals surface area contributed by atoms with Crippen LogP contribution < -0.4 is 15.4 Å². The van der Waals surface area contributed by atoms with E-state index >= 15 is 0 Å². The number of para-hydroxylation sites is 1. The number of rotatable bonds is 7. The normalized spacial score (nSPS) is 13.0. The molecule has 1 aromatic heterocycles.